The molecule has 1 heterocycles. The summed E-state index contributed by atoms with van der Waals surface area (Å²) in [6.45, 7) is 10.1. The molecule has 0 saturated carbocycles. The highest BCUT2D eigenvalue weighted by atomic mass is 15.3. The molecule has 3 nitrogen and oxygen atoms in total. The van der Waals surface area contributed by atoms with Crippen molar-refractivity contribution >= 4 is 0 Å². The summed E-state index contributed by atoms with van der Waals surface area (Å²) in [5.74, 6) is 0.753. The van der Waals surface area contributed by atoms with Gasteiger partial charge >= 0.3 is 0 Å². The molecular formula is C11H25N3. The van der Waals surface area contributed by atoms with Crippen molar-refractivity contribution in [1.29, 1.82) is 0 Å². The second-order valence-corrected chi connectivity index (χ2v) is 4.86. The number of hydrogen-bond donors (Lipinski definition) is 1. The van der Waals surface area contributed by atoms with Gasteiger partial charge in [0, 0.05) is 38.8 Å². The number of rotatable bonds is 4. The van der Waals surface area contributed by atoms with Crippen LogP contribution < -0.4 is 5.73 Å². The first-order valence-electron chi connectivity index (χ1n) is 5.76. The molecule has 0 aliphatic carbocycles. The van der Waals surface area contributed by atoms with E-state index < -0.39 is 0 Å². The second kappa shape index (κ2) is 5.69. The molecule has 0 radical (unpaired) electrons. The minimum atomic E-state index is 0.601. The van der Waals surface area contributed by atoms with E-state index in [9.17, 15) is 0 Å². The van der Waals surface area contributed by atoms with Gasteiger partial charge in [-0.15, -0.1) is 0 Å². The Morgan fingerprint density at radius 3 is 2.14 bits per heavy atom. The van der Waals surface area contributed by atoms with E-state index in [1.54, 1.807) is 0 Å². The van der Waals surface area contributed by atoms with E-state index in [1.807, 2.05) is 0 Å². The molecule has 0 aromatic rings. The second-order valence-electron chi connectivity index (χ2n) is 4.86. The zero-order valence-corrected chi connectivity index (χ0v) is 9.87. The van der Waals surface area contributed by atoms with Crippen LogP contribution in [0.15, 0.2) is 0 Å². The van der Waals surface area contributed by atoms with Crippen LogP contribution in [0.4, 0.5) is 0 Å². The van der Waals surface area contributed by atoms with Crippen molar-refractivity contribution < 1.29 is 0 Å². The highest BCUT2D eigenvalue weighted by Gasteiger charge is 2.21. The molecule has 1 rings (SSSR count). The third kappa shape index (κ3) is 3.56. The van der Waals surface area contributed by atoms with Crippen LogP contribution in [0.25, 0.3) is 0 Å². The van der Waals surface area contributed by atoms with Gasteiger partial charge in [0.15, 0.2) is 0 Å². The van der Waals surface area contributed by atoms with Crippen LogP contribution in [0, 0.1) is 5.92 Å². The fourth-order valence-corrected chi connectivity index (χ4v) is 2.13. The summed E-state index contributed by atoms with van der Waals surface area (Å²) < 4.78 is 0. The summed E-state index contributed by atoms with van der Waals surface area (Å²) >= 11 is 0. The first-order chi connectivity index (χ1) is 6.63. The van der Waals surface area contributed by atoms with Gasteiger partial charge in [-0.05, 0) is 19.4 Å². The normalized spacial score (nSPS) is 22.9. The molecule has 0 amide bonds. The van der Waals surface area contributed by atoms with E-state index >= 15 is 0 Å². The molecule has 1 unspecified atom stereocenters. The third-order valence-electron chi connectivity index (χ3n) is 3.07. The standard InChI is InChI=1S/C11H25N3/c1-10(2)8-11(9-12)14-6-4-13(3)5-7-14/h10-11H,4-9,12H2,1-3H3. The Morgan fingerprint density at radius 1 is 1.14 bits per heavy atom. The van der Waals surface area contributed by atoms with Gasteiger partial charge in [-0.25, -0.2) is 0 Å². The fourth-order valence-electron chi connectivity index (χ4n) is 2.13. The molecule has 1 aliphatic heterocycles. The lowest BCUT2D eigenvalue weighted by molar-refractivity contribution is 0.104. The maximum absolute atomic E-state index is 5.83. The van der Waals surface area contributed by atoms with E-state index in [2.05, 4.69) is 30.7 Å². The van der Waals surface area contributed by atoms with Crippen molar-refractivity contribution in [3.63, 3.8) is 0 Å². The number of nitrogens with two attached hydrogens (primary N) is 1. The number of nitrogens with zero attached hydrogens (tertiary/aromatic N) is 2. The van der Waals surface area contributed by atoms with E-state index in [0.717, 1.165) is 12.5 Å². The van der Waals surface area contributed by atoms with Gasteiger partial charge in [-0.2, -0.15) is 0 Å². The Morgan fingerprint density at radius 2 is 1.71 bits per heavy atom. The Hall–Kier alpha value is -0.120. The summed E-state index contributed by atoms with van der Waals surface area (Å²) in [7, 11) is 2.19. The van der Waals surface area contributed by atoms with Crippen LogP contribution in [0.2, 0.25) is 0 Å². The molecule has 84 valence electrons. The van der Waals surface area contributed by atoms with Crippen LogP contribution in [0.5, 0.6) is 0 Å². The van der Waals surface area contributed by atoms with Crippen molar-refractivity contribution in [2.24, 2.45) is 11.7 Å². The summed E-state index contributed by atoms with van der Waals surface area (Å²) in [5, 5.41) is 0. The molecule has 2 N–H and O–H groups in total. The molecule has 1 fully saturated rings. The van der Waals surface area contributed by atoms with E-state index in [4.69, 9.17) is 5.73 Å². The van der Waals surface area contributed by atoms with E-state index in [1.165, 1.54) is 32.6 Å². The SMILES string of the molecule is CC(C)CC(CN)N1CCN(C)CC1. The number of hydrogen-bond acceptors (Lipinski definition) is 3. The highest BCUT2D eigenvalue weighted by Crippen LogP contribution is 2.12. The van der Waals surface area contributed by atoms with Crippen molar-refractivity contribution in [1.82, 2.24) is 9.80 Å². The smallest absolute Gasteiger partial charge is 0.0221 e. The monoisotopic (exact) mass is 199 g/mol. The minimum Gasteiger partial charge on any atom is -0.329 e. The molecule has 14 heavy (non-hydrogen) atoms. The predicted molar refractivity (Wildman–Crippen MR) is 61.4 cm³/mol. The van der Waals surface area contributed by atoms with Gasteiger partial charge in [0.2, 0.25) is 0 Å². The molecule has 3 heteroatoms. The molecule has 0 bridgehead atoms. The molecular weight excluding hydrogens is 174 g/mol. The summed E-state index contributed by atoms with van der Waals surface area (Å²) in [5.41, 5.74) is 5.83. The molecule has 1 atom stereocenters. The summed E-state index contributed by atoms with van der Waals surface area (Å²) in [6, 6.07) is 0.601. The van der Waals surface area contributed by atoms with Crippen LogP contribution in [0.3, 0.4) is 0 Å². The summed E-state index contributed by atoms with van der Waals surface area (Å²) in [4.78, 5) is 4.94. The maximum atomic E-state index is 5.83. The lowest BCUT2D eigenvalue weighted by Crippen LogP contribution is -2.51. The Kier molecular flexibility index (Phi) is 4.85. The molecule has 1 aliphatic rings. The Balaban J connectivity index is 2.36. The lowest BCUT2D eigenvalue weighted by Gasteiger charge is -2.38. The molecule has 0 spiro atoms. The average molecular weight is 199 g/mol. The van der Waals surface area contributed by atoms with Gasteiger partial charge in [0.05, 0.1) is 0 Å². The number of likely N-dealkylation sites (N-methyl/N-ethyl adjacent to an activating group) is 1. The van der Waals surface area contributed by atoms with Crippen molar-refractivity contribution in [3.8, 4) is 0 Å². The van der Waals surface area contributed by atoms with E-state index in [0.29, 0.717) is 6.04 Å². The van der Waals surface area contributed by atoms with Crippen LogP contribution in [-0.2, 0) is 0 Å². The predicted octanol–water partition coefficient (Wildman–Crippen LogP) is 0.607. The molecule has 0 aromatic heterocycles. The van der Waals surface area contributed by atoms with Crippen LogP contribution >= 0.6 is 0 Å². The fraction of sp³-hybridized carbons (Fsp3) is 1.00. The van der Waals surface area contributed by atoms with Gasteiger partial charge in [-0.3, -0.25) is 4.90 Å². The first-order valence-corrected chi connectivity index (χ1v) is 5.76. The van der Waals surface area contributed by atoms with E-state index in [-0.39, 0.29) is 0 Å². The van der Waals surface area contributed by atoms with Gasteiger partial charge in [0.1, 0.15) is 0 Å². The zero-order valence-electron chi connectivity index (χ0n) is 9.87. The number of piperazine rings is 1. The summed E-state index contributed by atoms with van der Waals surface area (Å²) in [6.07, 6.45) is 1.24. The molecule has 1 saturated heterocycles. The van der Waals surface area contributed by atoms with Crippen molar-refractivity contribution in [3.05, 3.63) is 0 Å². The van der Waals surface area contributed by atoms with Crippen molar-refractivity contribution in [2.75, 3.05) is 39.8 Å². The van der Waals surface area contributed by atoms with Crippen LogP contribution in [0.1, 0.15) is 20.3 Å². The Bertz CT molecular complexity index is 151. The first kappa shape index (κ1) is 12.0. The van der Waals surface area contributed by atoms with Gasteiger partial charge < -0.3 is 10.6 Å². The Labute approximate surface area is 88.2 Å². The molecule has 0 aromatic carbocycles. The largest absolute Gasteiger partial charge is 0.329 e. The van der Waals surface area contributed by atoms with Crippen LogP contribution in [-0.4, -0.2) is 55.6 Å². The highest BCUT2D eigenvalue weighted by molar-refractivity contribution is 4.78. The maximum Gasteiger partial charge on any atom is 0.0221 e. The van der Waals surface area contributed by atoms with Gasteiger partial charge in [-0.1, -0.05) is 13.8 Å². The zero-order chi connectivity index (χ0) is 10.6. The lowest BCUT2D eigenvalue weighted by atomic mass is 10.0. The quantitative estimate of drug-likeness (QED) is 0.720. The topological polar surface area (TPSA) is 32.5 Å². The third-order valence-corrected chi connectivity index (χ3v) is 3.07. The minimum absolute atomic E-state index is 0.601. The average Bonchev–Trinajstić information content (AvgIpc) is 2.15. The van der Waals surface area contributed by atoms with Crippen molar-refractivity contribution in [2.45, 2.75) is 26.3 Å². The van der Waals surface area contributed by atoms with Gasteiger partial charge in [0.25, 0.3) is 0 Å².